The van der Waals surface area contributed by atoms with Crippen LogP contribution < -0.4 is 5.32 Å². The molecule has 0 rings (SSSR count). The highest BCUT2D eigenvalue weighted by Gasteiger charge is 2.00. The van der Waals surface area contributed by atoms with Crippen LogP contribution in [0.5, 0.6) is 0 Å². The van der Waals surface area contributed by atoms with Gasteiger partial charge in [-0.2, -0.15) is 0 Å². The van der Waals surface area contributed by atoms with Crippen molar-refractivity contribution in [3.8, 4) is 0 Å². The molecule has 0 aliphatic carbocycles. The van der Waals surface area contributed by atoms with Gasteiger partial charge in [-0.05, 0) is 13.5 Å². The Bertz CT molecular complexity index is 159. The van der Waals surface area contributed by atoms with E-state index < -0.39 is 0 Å². The number of rotatable bonds is 5. The molecule has 0 aromatic rings. The zero-order valence-corrected chi connectivity index (χ0v) is 7.30. The summed E-state index contributed by atoms with van der Waals surface area (Å²) in [6.07, 6.45) is 3.29. The van der Waals surface area contributed by atoms with E-state index in [1.54, 1.807) is 12.3 Å². The van der Waals surface area contributed by atoms with Gasteiger partial charge in [0, 0.05) is 18.0 Å². The van der Waals surface area contributed by atoms with Crippen LogP contribution in [-0.2, 0) is 0 Å². The van der Waals surface area contributed by atoms with Gasteiger partial charge in [0.25, 0.3) is 0 Å². The van der Waals surface area contributed by atoms with E-state index in [9.17, 15) is 0 Å². The van der Waals surface area contributed by atoms with Crippen LogP contribution in [0.1, 0.15) is 13.8 Å². The Morgan fingerprint density at radius 1 is 1.73 bits per heavy atom. The van der Waals surface area contributed by atoms with Crippen LogP contribution in [-0.4, -0.2) is 18.8 Å². The van der Waals surface area contributed by atoms with Gasteiger partial charge in [0.05, 0.1) is 0 Å². The third-order valence-electron chi connectivity index (χ3n) is 1.36. The van der Waals surface area contributed by atoms with Gasteiger partial charge in [-0.1, -0.05) is 26.2 Å². The van der Waals surface area contributed by atoms with Crippen molar-refractivity contribution in [1.82, 2.24) is 5.32 Å². The fourth-order valence-electron chi connectivity index (χ4n) is 0.684. The van der Waals surface area contributed by atoms with Crippen LogP contribution in [0.2, 0.25) is 0 Å². The molecule has 1 atom stereocenters. The molecule has 0 radical (unpaired) electrons. The summed E-state index contributed by atoms with van der Waals surface area (Å²) in [5.74, 6) is 0. The van der Waals surface area contributed by atoms with Crippen molar-refractivity contribution < 1.29 is 0 Å². The lowest BCUT2D eigenvalue weighted by Crippen LogP contribution is -2.26. The molecule has 0 saturated carbocycles. The van der Waals surface area contributed by atoms with E-state index >= 15 is 0 Å². The van der Waals surface area contributed by atoms with E-state index in [1.807, 2.05) is 6.92 Å². The summed E-state index contributed by atoms with van der Waals surface area (Å²) in [7, 11) is 0. The summed E-state index contributed by atoms with van der Waals surface area (Å²) in [4.78, 5) is 4.06. The molecule has 0 saturated heterocycles. The Balaban J connectivity index is 3.81. The third kappa shape index (κ3) is 4.51. The van der Waals surface area contributed by atoms with E-state index in [0.717, 1.165) is 12.2 Å². The quantitative estimate of drug-likeness (QED) is 0.596. The number of hydrogen-bond donors (Lipinski definition) is 1. The van der Waals surface area contributed by atoms with Gasteiger partial charge in [-0.25, -0.2) is 0 Å². The average Bonchev–Trinajstić information content (AvgIpc) is 2.00. The topological polar surface area (TPSA) is 24.4 Å². The molecule has 0 bridgehead atoms. The molecule has 0 heterocycles. The minimum Gasteiger partial charge on any atom is -0.309 e. The predicted octanol–water partition coefficient (Wildman–Crippen LogP) is 1.75. The normalized spacial score (nSPS) is 13.3. The van der Waals surface area contributed by atoms with Crippen LogP contribution in [0.15, 0.2) is 29.9 Å². The summed E-state index contributed by atoms with van der Waals surface area (Å²) < 4.78 is 0. The highest BCUT2D eigenvalue weighted by Crippen LogP contribution is 1.98. The standard InChI is InChI=1S/C9H16N2/c1-5-7-11-9(4)8(3)10-6-2/h5,7-8,10H,1,4,6H2,2-3H3. The van der Waals surface area contributed by atoms with Crippen LogP contribution in [0.3, 0.4) is 0 Å². The SMILES string of the molecule is C=CC=NC(=C)C(C)NCC. The number of likely N-dealkylation sites (N-methyl/N-ethyl adjacent to an activating group) is 1. The van der Waals surface area contributed by atoms with Crippen molar-refractivity contribution in [2.75, 3.05) is 6.54 Å². The molecule has 0 aliphatic rings. The van der Waals surface area contributed by atoms with Crippen molar-refractivity contribution >= 4 is 6.21 Å². The lowest BCUT2D eigenvalue weighted by molar-refractivity contribution is 0.631. The van der Waals surface area contributed by atoms with Gasteiger partial charge in [-0.3, -0.25) is 4.99 Å². The number of nitrogens with one attached hydrogen (secondary N) is 1. The zero-order chi connectivity index (χ0) is 8.69. The maximum atomic E-state index is 4.06. The zero-order valence-electron chi connectivity index (χ0n) is 7.30. The molecule has 0 aliphatic heterocycles. The van der Waals surface area contributed by atoms with Gasteiger partial charge < -0.3 is 5.32 Å². The molecule has 2 nitrogen and oxygen atoms in total. The van der Waals surface area contributed by atoms with Crippen LogP contribution in [0, 0.1) is 0 Å². The molecule has 1 N–H and O–H groups in total. The Morgan fingerprint density at radius 3 is 2.82 bits per heavy atom. The maximum Gasteiger partial charge on any atom is 0.0498 e. The van der Waals surface area contributed by atoms with E-state index in [-0.39, 0.29) is 6.04 Å². The first kappa shape index (κ1) is 10.1. The van der Waals surface area contributed by atoms with Crippen LogP contribution >= 0.6 is 0 Å². The Kier molecular flexibility index (Phi) is 5.39. The lowest BCUT2D eigenvalue weighted by Gasteiger charge is -2.10. The summed E-state index contributed by atoms with van der Waals surface area (Å²) in [6, 6.07) is 0.246. The summed E-state index contributed by atoms with van der Waals surface area (Å²) in [6.45, 7) is 12.4. The smallest absolute Gasteiger partial charge is 0.0498 e. The molecular formula is C9H16N2. The highest BCUT2D eigenvalue weighted by molar-refractivity contribution is 5.71. The summed E-state index contributed by atoms with van der Waals surface area (Å²) in [5, 5.41) is 3.21. The minimum atomic E-state index is 0.246. The molecule has 0 spiro atoms. The molecule has 11 heavy (non-hydrogen) atoms. The Labute approximate surface area is 68.7 Å². The second kappa shape index (κ2) is 5.86. The minimum absolute atomic E-state index is 0.246. The fourth-order valence-corrected chi connectivity index (χ4v) is 0.684. The predicted molar refractivity (Wildman–Crippen MR) is 51.0 cm³/mol. The van der Waals surface area contributed by atoms with E-state index in [1.165, 1.54) is 0 Å². The van der Waals surface area contributed by atoms with Crippen molar-refractivity contribution in [3.63, 3.8) is 0 Å². The molecule has 62 valence electrons. The van der Waals surface area contributed by atoms with E-state index in [2.05, 4.69) is 30.4 Å². The van der Waals surface area contributed by atoms with E-state index in [4.69, 9.17) is 0 Å². The van der Waals surface area contributed by atoms with Gasteiger partial charge in [-0.15, -0.1) is 0 Å². The fraction of sp³-hybridized carbons (Fsp3) is 0.444. The molecule has 0 aromatic carbocycles. The molecule has 0 aromatic heterocycles. The number of hydrogen-bond acceptors (Lipinski definition) is 2. The first-order chi connectivity index (χ1) is 5.22. The van der Waals surface area contributed by atoms with Crippen LogP contribution in [0.25, 0.3) is 0 Å². The molecule has 0 amide bonds. The Morgan fingerprint density at radius 2 is 2.36 bits per heavy atom. The number of aliphatic imine (C=N–C) groups is 1. The number of nitrogens with zero attached hydrogens (tertiary/aromatic N) is 1. The van der Waals surface area contributed by atoms with Gasteiger partial charge in [0.1, 0.15) is 0 Å². The third-order valence-corrected chi connectivity index (χ3v) is 1.36. The second-order valence-corrected chi connectivity index (χ2v) is 2.28. The highest BCUT2D eigenvalue weighted by atomic mass is 14.9. The molecule has 1 unspecified atom stereocenters. The molecule has 2 heteroatoms. The largest absolute Gasteiger partial charge is 0.309 e. The van der Waals surface area contributed by atoms with Crippen molar-refractivity contribution in [2.45, 2.75) is 19.9 Å². The summed E-state index contributed by atoms with van der Waals surface area (Å²) in [5.41, 5.74) is 0.840. The monoisotopic (exact) mass is 152 g/mol. The van der Waals surface area contributed by atoms with E-state index in [0.29, 0.717) is 0 Å². The first-order valence-electron chi connectivity index (χ1n) is 3.79. The molecule has 0 fully saturated rings. The molecular weight excluding hydrogens is 136 g/mol. The lowest BCUT2D eigenvalue weighted by atomic mass is 10.3. The Hall–Kier alpha value is -0.890. The van der Waals surface area contributed by atoms with Crippen molar-refractivity contribution in [3.05, 3.63) is 24.9 Å². The van der Waals surface area contributed by atoms with Gasteiger partial charge in [0.15, 0.2) is 0 Å². The van der Waals surface area contributed by atoms with Crippen molar-refractivity contribution in [1.29, 1.82) is 0 Å². The second-order valence-electron chi connectivity index (χ2n) is 2.28. The summed E-state index contributed by atoms with van der Waals surface area (Å²) >= 11 is 0. The number of allylic oxidation sites excluding steroid dienone is 1. The van der Waals surface area contributed by atoms with Gasteiger partial charge >= 0.3 is 0 Å². The average molecular weight is 152 g/mol. The van der Waals surface area contributed by atoms with Crippen LogP contribution in [0.4, 0.5) is 0 Å². The van der Waals surface area contributed by atoms with Gasteiger partial charge in [0.2, 0.25) is 0 Å². The first-order valence-corrected chi connectivity index (χ1v) is 3.79. The maximum absolute atomic E-state index is 4.06. The van der Waals surface area contributed by atoms with Crippen molar-refractivity contribution in [2.24, 2.45) is 4.99 Å².